The second kappa shape index (κ2) is 11.5. The SMILES string of the molecule is CC(C)(C)NC(=O)c1cccc(CN2CCN(C(=O)c3ccc(NC(=O)NC4CCC4)c(Cl)c3)CC2)c1. The highest BCUT2D eigenvalue weighted by Crippen LogP contribution is 2.25. The quantitative estimate of drug-likeness (QED) is 0.517. The van der Waals surface area contributed by atoms with Crippen molar-refractivity contribution in [1.29, 1.82) is 0 Å². The van der Waals surface area contributed by atoms with E-state index >= 15 is 0 Å². The van der Waals surface area contributed by atoms with Crippen molar-refractivity contribution in [2.75, 3.05) is 31.5 Å². The number of hydrogen-bond donors (Lipinski definition) is 3. The lowest BCUT2D eigenvalue weighted by atomic mass is 9.93. The summed E-state index contributed by atoms with van der Waals surface area (Å²) in [6, 6.07) is 12.6. The van der Waals surface area contributed by atoms with E-state index in [-0.39, 0.29) is 29.4 Å². The van der Waals surface area contributed by atoms with E-state index in [2.05, 4.69) is 20.9 Å². The standard InChI is InChI=1S/C28H36ClN5O3/c1-28(2,3)32-25(35)20-7-4-6-19(16-20)18-33-12-14-34(15-13-33)26(36)21-10-11-24(23(29)17-21)31-27(37)30-22-8-5-9-22/h4,6-7,10-11,16-17,22H,5,8-9,12-15,18H2,1-3H3,(H,32,35)(H2,30,31,37). The number of nitrogens with one attached hydrogen (secondary N) is 3. The zero-order valence-electron chi connectivity index (χ0n) is 21.8. The maximum Gasteiger partial charge on any atom is 0.319 e. The van der Waals surface area contributed by atoms with Crippen molar-refractivity contribution in [1.82, 2.24) is 20.4 Å². The predicted molar refractivity (Wildman–Crippen MR) is 146 cm³/mol. The fourth-order valence-electron chi connectivity index (χ4n) is 4.42. The Bertz CT molecular complexity index is 1150. The van der Waals surface area contributed by atoms with Crippen molar-refractivity contribution in [2.24, 2.45) is 0 Å². The zero-order valence-corrected chi connectivity index (χ0v) is 22.5. The summed E-state index contributed by atoms with van der Waals surface area (Å²) < 4.78 is 0. The van der Waals surface area contributed by atoms with Gasteiger partial charge in [-0.25, -0.2) is 4.79 Å². The first kappa shape index (κ1) is 26.9. The molecule has 1 aliphatic heterocycles. The number of anilines is 1. The Hall–Kier alpha value is -3.10. The molecule has 0 radical (unpaired) electrons. The molecule has 1 saturated heterocycles. The fourth-order valence-corrected chi connectivity index (χ4v) is 4.65. The Morgan fingerprint density at radius 2 is 1.70 bits per heavy atom. The Kier molecular flexibility index (Phi) is 8.39. The summed E-state index contributed by atoms with van der Waals surface area (Å²) in [5, 5.41) is 9.01. The highest BCUT2D eigenvalue weighted by atomic mass is 35.5. The first-order chi connectivity index (χ1) is 17.6. The molecule has 37 heavy (non-hydrogen) atoms. The molecule has 3 N–H and O–H groups in total. The molecule has 4 rings (SSSR count). The summed E-state index contributed by atoms with van der Waals surface area (Å²) in [5.41, 5.74) is 2.41. The van der Waals surface area contributed by atoms with E-state index < -0.39 is 0 Å². The largest absolute Gasteiger partial charge is 0.347 e. The third-order valence-electron chi connectivity index (χ3n) is 6.65. The van der Waals surface area contributed by atoms with Crippen molar-refractivity contribution in [3.05, 3.63) is 64.2 Å². The van der Waals surface area contributed by atoms with Gasteiger partial charge in [0, 0.05) is 55.4 Å². The van der Waals surface area contributed by atoms with Gasteiger partial charge < -0.3 is 20.9 Å². The van der Waals surface area contributed by atoms with Gasteiger partial charge in [0.05, 0.1) is 10.7 Å². The predicted octanol–water partition coefficient (Wildman–Crippen LogP) is 4.50. The smallest absolute Gasteiger partial charge is 0.319 e. The van der Waals surface area contributed by atoms with Gasteiger partial charge >= 0.3 is 6.03 Å². The molecule has 0 aromatic heterocycles. The maximum absolute atomic E-state index is 13.1. The van der Waals surface area contributed by atoms with Crippen molar-refractivity contribution < 1.29 is 14.4 Å². The topological polar surface area (TPSA) is 93.8 Å². The Balaban J connectivity index is 1.28. The second-order valence-corrected chi connectivity index (χ2v) is 11.3. The van der Waals surface area contributed by atoms with E-state index in [9.17, 15) is 14.4 Å². The van der Waals surface area contributed by atoms with Crippen LogP contribution in [0.3, 0.4) is 0 Å². The maximum atomic E-state index is 13.1. The van der Waals surface area contributed by atoms with E-state index in [1.807, 2.05) is 49.9 Å². The van der Waals surface area contributed by atoms with Gasteiger partial charge in [-0.15, -0.1) is 0 Å². The monoisotopic (exact) mass is 525 g/mol. The molecule has 9 heteroatoms. The molecule has 4 amide bonds. The van der Waals surface area contributed by atoms with Gasteiger partial charge in [-0.05, 0) is 75.9 Å². The number of urea groups is 1. The summed E-state index contributed by atoms with van der Waals surface area (Å²) in [4.78, 5) is 41.8. The molecule has 2 aromatic carbocycles. The number of carbonyl (C=O) groups excluding carboxylic acids is 3. The summed E-state index contributed by atoms with van der Waals surface area (Å²) in [6.07, 6.45) is 3.14. The third kappa shape index (κ3) is 7.46. The number of nitrogens with zero attached hydrogens (tertiary/aromatic N) is 2. The van der Waals surface area contributed by atoms with Crippen molar-refractivity contribution >= 4 is 35.1 Å². The summed E-state index contributed by atoms with van der Waals surface area (Å²) >= 11 is 6.37. The number of hydrogen-bond acceptors (Lipinski definition) is 4. The van der Waals surface area contributed by atoms with E-state index in [0.717, 1.165) is 37.9 Å². The van der Waals surface area contributed by atoms with Gasteiger partial charge in [-0.2, -0.15) is 0 Å². The van der Waals surface area contributed by atoms with Crippen LogP contribution in [0.15, 0.2) is 42.5 Å². The van der Waals surface area contributed by atoms with Crippen molar-refractivity contribution in [3.8, 4) is 0 Å². The molecule has 198 valence electrons. The number of carbonyl (C=O) groups is 3. The number of piperazine rings is 1. The first-order valence-corrected chi connectivity index (χ1v) is 13.3. The normalized spacial score (nSPS) is 16.6. The molecule has 0 spiro atoms. The molecule has 2 aliphatic rings. The van der Waals surface area contributed by atoms with Crippen LogP contribution in [0.2, 0.25) is 5.02 Å². The first-order valence-electron chi connectivity index (χ1n) is 12.9. The molecule has 1 saturated carbocycles. The zero-order chi connectivity index (χ0) is 26.6. The number of rotatable bonds is 6. The number of halogens is 1. The Morgan fingerprint density at radius 3 is 2.32 bits per heavy atom. The van der Waals surface area contributed by atoms with Gasteiger partial charge in [0.15, 0.2) is 0 Å². The van der Waals surface area contributed by atoms with Crippen LogP contribution >= 0.6 is 11.6 Å². The van der Waals surface area contributed by atoms with Gasteiger partial charge in [-0.1, -0.05) is 23.7 Å². The number of amides is 4. The van der Waals surface area contributed by atoms with Crippen LogP contribution in [0, 0.1) is 0 Å². The van der Waals surface area contributed by atoms with Crippen molar-refractivity contribution in [2.45, 2.75) is 58.2 Å². The Morgan fingerprint density at radius 1 is 0.973 bits per heavy atom. The van der Waals surface area contributed by atoms with E-state index in [4.69, 9.17) is 11.6 Å². The minimum absolute atomic E-state index is 0.0760. The van der Waals surface area contributed by atoms with E-state index in [1.54, 1.807) is 18.2 Å². The lowest BCUT2D eigenvalue weighted by Crippen LogP contribution is -2.48. The molecule has 2 aromatic rings. The van der Waals surface area contributed by atoms with Crippen LogP contribution in [-0.4, -0.2) is 65.4 Å². The van der Waals surface area contributed by atoms with Gasteiger partial charge in [0.2, 0.25) is 0 Å². The minimum Gasteiger partial charge on any atom is -0.347 e. The van der Waals surface area contributed by atoms with Gasteiger partial charge in [0.25, 0.3) is 11.8 Å². The molecule has 0 unspecified atom stereocenters. The molecule has 0 atom stereocenters. The number of benzene rings is 2. The lowest BCUT2D eigenvalue weighted by molar-refractivity contribution is 0.0628. The van der Waals surface area contributed by atoms with E-state index in [1.165, 1.54) is 0 Å². The van der Waals surface area contributed by atoms with Crippen LogP contribution in [0.4, 0.5) is 10.5 Å². The van der Waals surface area contributed by atoms with Crippen LogP contribution < -0.4 is 16.0 Å². The Labute approximate surface area is 223 Å². The highest BCUT2D eigenvalue weighted by Gasteiger charge is 2.24. The fraction of sp³-hybridized carbons (Fsp3) is 0.464. The van der Waals surface area contributed by atoms with E-state index in [0.29, 0.717) is 41.5 Å². The van der Waals surface area contributed by atoms with Crippen LogP contribution in [0.1, 0.15) is 66.3 Å². The summed E-state index contributed by atoms with van der Waals surface area (Å²) in [5.74, 6) is -0.156. The average molecular weight is 526 g/mol. The molecule has 0 bridgehead atoms. The molecular formula is C28H36ClN5O3. The van der Waals surface area contributed by atoms with Crippen LogP contribution in [0.25, 0.3) is 0 Å². The average Bonchev–Trinajstić information content (AvgIpc) is 2.82. The van der Waals surface area contributed by atoms with Crippen LogP contribution in [0.5, 0.6) is 0 Å². The lowest BCUT2D eigenvalue weighted by Gasteiger charge is -2.35. The van der Waals surface area contributed by atoms with Crippen molar-refractivity contribution in [3.63, 3.8) is 0 Å². The molecule has 2 fully saturated rings. The minimum atomic E-state index is -0.291. The summed E-state index contributed by atoms with van der Waals surface area (Å²) in [7, 11) is 0. The third-order valence-corrected chi connectivity index (χ3v) is 6.96. The van der Waals surface area contributed by atoms with Gasteiger partial charge in [0.1, 0.15) is 0 Å². The molecule has 1 aliphatic carbocycles. The highest BCUT2D eigenvalue weighted by molar-refractivity contribution is 6.34. The summed E-state index contributed by atoms with van der Waals surface area (Å²) in [6.45, 7) is 9.28. The second-order valence-electron chi connectivity index (χ2n) is 10.9. The van der Waals surface area contributed by atoms with Crippen LogP contribution in [-0.2, 0) is 6.54 Å². The van der Waals surface area contributed by atoms with Gasteiger partial charge in [-0.3, -0.25) is 14.5 Å². The molecular weight excluding hydrogens is 490 g/mol. The molecule has 1 heterocycles. The molecule has 8 nitrogen and oxygen atoms in total.